The summed E-state index contributed by atoms with van der Waals surface area (Å²) in [5.74, 6) is 2.19. The number of ether oxygens (including phenoxy) is 5. The van der Waals surface area contributed by atoms with Crippen molar-refractivity contribution in [3.63, 3.8) is 0 Å². The molecule has 186 valence electrons. The lowest BCUT2D eigenvalue weighted by Gasteiger charge is -2.33. The summed E-state index contributed by atoms with van der Waals surface area (Å²) in [4.78, 5) is 29.6. The molecule has 1 saturated heterocycles. The predicted molar refractivity (Wildman–Crippen MR) is 130 cm³/mol. The molecule has 2 aromatic rings. The van der Waals surface area contributed by atoms with Gasteiger partial charge in [0.05, 0.1) is 26.9 Å². The van der Waals surface area contributed by atoms with Gasteiger partial charge in [-0.3, -0.25) is 9.59 Å². The van der Waals surface area contributed by atoms with Crippen molar-refractivity contribution in [2.24, 2.45) is 0 Å². The molecule has 0 spiro atoms. The van der Waals surface area contributed by atoms with Gasteiger partial charge in [-0.1, -0.05) is 6.92 Å². The zero-order chi connectivity index (χ0) is 24.9. The van der Waals surface area contributed by atoms with Crippen molar-refractivity contribution in [1.29, 1.82) is 0 Å². The van der Waals surface area contributed by atoms with Gasteiger partial charge in [-0.15, -0.1) is 0 Å². The number of amides is 1. The fourth-order valence-electron chi connectivity index (χ4n) is 4.11. The quantitative estimate of drug-likeness (QED) is 0.531. The van der Waals surface area contributed by atoms with Gasteiger partial charge in [0.1, 0.15) is 17.2 Å². The minimum absolute atomic E-state index is 0.0561. The fraction of sp³-hybridized carbons (Fsp3) is 0.385. The van der Waals surface area contributed by atoms with E-state index in [9.17, 15) is 9.59 Å². The van der Waals surface area contributed by atoms with E-state index in [-0.39, 0.29) is 24.1 Å². The molecule has 0 aliphatic carbocycles. The van der Waals surface area contributed by atoms with Crippen molar-refractivity contribution in [1.82, 2.24) is 9.80 Å². The van der Waals surface area contributed by atoms with Crippen LogP contribution in [0.15, 0.2) is 36.1 Å². The van der Waals surface area contributed by atoms with Crippen LogP contribution in [0.1, 0.15) is 22.8 Å². The number of benzene rings is 2. The third-order valence-electron chi connectivity index (χ3n) is 6.20. The van der Waals surface area contributed by atoms with E-state index in [2.05, 4.69) is 11.8 Å². The van der Waals surface area contributed by atoms with Gasteiger partial charge in [-0.05, 0) is 30.8 Å². The van der Waals surface area contributed by atoms with E-state index in [1.54, 1.807) is 36.4 Å². The molecule has 1 amide bonds. The standard InChI is InChI=1S/C26H30N2O7/c1-5-27-8-10-28(11-9-27)25(29)16-34-18-6-7-19-21(14-18)35-24(26(19)30)13-17-12-22(32-3)23(33-4)15-20(17)31-2/h6-7,12-15H,5,8-11,16H2,1-4H3. The van der Waals surface area contributed by atoms with Crippen LogP contribution in [-0.2, 0) is 4.79 Å². The van der Waals surface area contributed by atoms with Crippen LogP contribution in [0, 0.1) is 0 Å². The Morgan fingerprint density at radius 3 is 2.31 bits per heavy atom. The van der Waals surface area contributed by atoms with Crippen LogP contribution < -0.4 is 23.7 Å². The Labute approximate surface area is 204 Å². The Morgan fingerprint density at radius 1 is 0.971 bits per heavy atom. The lowest BCUT2D eigenvalue weighted by atomic mass is 10.1. The second kappa shape index (κ2) is 10.7. The van der Waals surface area contributed by atoms with Gasteiger partial charge in [0.15, 0.2) is 23.9 Å². The summed E-state index contributed by atoms with van der Waals surface area (Å²) in [5, 5.41) is 0. The Bertz CT molecular complexity index is 1140. The van der Waals surface area contributed by atoms with E-state index in [1.807, 2.05) is 4.90 Å². The Morgan fingerprint density at radius 2 is 1.66 bits per heavy atom. The highest BCUT2D eigenvalue weighted by molar-refractivity contribution is 6.14. The van der Waals surface area contributed by atoms with Gasteiger partial charge >= 0.3 is 0 Å². The summed E-state index contributed by atoms with van der Waals surface area (Å²) in [6.45, 7) is 6.18. The number of methoxy groups -OCH3 is 3. The molecule has 2 heterocycles. The van der Waals surface area contributed by atoms with E-state index in [0.29, 0.717) is 53.0 Å². The molecule has 1 fully saturated rings. The van der Waals surface area contributed by atoms with Crippen molar-refractivity contribution < 1.29 is 33.3 Å². The van der Waals surface area contributed by atoms with Crippen LogP contribution in [-0.4, -0.2) is 82.2 Å². The first-order valence-electron chi connectivity index (χ1n) is 11.5. The first-order chi connectivity index (χ1) is 17.0. The van der Waals surface area contributed by atoms with Gasteiger partial charge in [0.2, 0.25) is 5.78 Å². The van der Waals surface area contributed by atoms with E-state index in [4.69, 9.17) is 23.7 Å². The van der Waals surface area contributed by atoms with Crippen molar-refractivity contribution in [2.75, 3.05) is 60.7 Å². The number of hydrogen-bond donors (Lipinski definition) is 0. The van der Waals surface area contributed by atoms with E-state index in [0.717, 1.165) is 19.6 Å². The third-order valence-corrected chi connectivity index (χ3v) is 6.20. The second-order valence-corrected chi connectivity index (χ2v) is 8.15. The van der Waals surface area contributed by atoms with Crippen molar-refractivity contribution in [3.8, 4) is 28.7 Å². The van der Waals surface area contributed by atoms with Gasteiger partial charge in [0, 0.05) is 43.9 Å². The van der Waals surface area contributed by atoms with Gasteiger partial charge in [0.25, 0.3) is 5.91 Å². The number of nitrogens with zero attached hydrogens (tertiary/aromatic N) is 2. The number of ketones is 1. The molecule has 35 heavy (non-hydrogen) atoms. The Balaban J connectivity index is 1.46. The molecule has 9 heteroatoms. The van der Waals surface area contributed by atoms with Crippen LogP contribution in [0.25, 0.3) is 6.08 Å². The average molecular weight is 483 g/mol. The molecule has 0 N–H and O–H groups in total. The number of piperazine rings is 1. The molecule has 0 radical (unpaired) electrons. The Hall–Kier alpha value is -3.72. The molecule has 0 aromatic heterocycles. The Kier molecular flexibility index (Phi) is 7.45. The molecule has 2 aliphatic rings. The summed E-state index contributed by atoms with van der Waals surface area (Å²) < 4.78 is 27.7. The number of hydrogen-bond acceptors (Lipinski definition) is 8. The maximum Gasteiger partial charge on any atom is 0.260 e. The normalized spacial score (nSPS) is 16.6. The maximum absolute atomic E-state index is 12.9. The highest BCUT2D eigenvalue weighted by Gasteiger charge is 2.29. The van der Waals surface area contributed by atoms with Crippen LogP contribution >= 0.6 is 0 Å². The minimum atomic E-state index is -0.256. The smallest absolute Gasteiger partial charge is 0.260 e. The minimum Gasteiger partial charge on any atom is -0.496 e. The predicted octanol–water partition coefficient (Wildman–Crippen LogP) is 2.87. The monoisotopic (exact) mass is 482 g/mol. The molecule has 2 aromatic carbocycles. The average Bonchev–Trinajstić information content (AvgIpc) is 3.21. The van der Waals surface area contributed by atoms with Crippen LogP contribution in [0.5, 0.6) is 28.7 Å². The highest BCUT2D eigenvalue weighted by atomic mass is 16.5. The summed E-state index contributed by atoms with van der Waals surface area (Å²) >= 11 is 0. The number of carbonyl (C=O) groups excluding carboxylic acids is 2. The van der Waals surface area contributed by atoms with Crippen molar-refractivity contribution in [2.45, 2.75) is 6.92 Å². The van der Waals surface area contributed by atoms with Crippen LogP contribution in [0.4, 0.5) is 0 Å². The molecule has 0 unspecified atom stereocenters. The summed E-state index contributed by atoms with van der Waals surface area (Å²) in [6, 6.07) is 8.34. The zero-order valence-electron chi connectivity index (χ0n) is 20.5. The lowest BCUT2D eigenvalue weighted by molar-refractivity contribution is -0.135. The molecule has 0 saturated carbocycles. The summed E-state index contributed by atoms with van der Waals surface area (Å²) in [5.41, 5.74) is 1.02. The molecular formula is C26H30N2O7. The molecular weight excluding hydrogens is 452 g/mol. The van der Waals surface area contributed by atoms with Crippen LogP contribution in [0.2, 0.25) is 0 Å². The van der Waals surface area contributed by atoms with E-state index in [1.165, 1.54) is 21.3 Å². The number of Topliss-reactive ketones (excluding diaryl/α,β-unsaturated/α-hetero) is 1. The number of allylic oxidation sites excluding steroid dienone is 1. The highest BCUT2D eigenvalue weighted by Crippen LogP contribution is 2.39. The number of rotatable bonds is 8. The van der Waals surface area contributed by atoms with E-state index >= 15 is 0 Å². The number of fused-ring (bicyclic) bond motifs is 1. The van der Waals surface area contributed by atoms with Gasteiger partial charge < -0.3 is 33.5 Å². The van der Waals surface area contributed by atoms with E-state index < -0.39 is 0 Å². The zero-order valence-corrected chi connectivity index (χ0v) is 20.5. The van der Waals surface area contributed by atoms with Gasteiger partial charge in [-0.2, -0.15) is 0 Å². The molecule has 9 nitrogen and oxygen atoms in total. The third kappa shape index (κ3) is 5.19. The fourth-order valence-corrected chi connectivity index (χ4v) is 4.11. The largest absolute Gasteiger partial charge is 0.496 e. The maximum atomic E-state index is 12.9. The molecule has 0 atom stereocenters. The lowest BCUT2D eigenvalue weighted by Crippen LogP contribution is -2.49. The second-order valence-electron chi connectivity index (χ2n) is 8.15. The van der Waals surface area contributed by atoms with Crippen molar-refractivity contribution >= 4 is 17.8 Å². The number of likely N-dealkylation sites (N-methyl/N-ethyl adjacent to an activating group) is 1. The molecule has 2 aliphatic heterocycles. The molecule has 4 rings (SSSR count). The first-order valence-corrected chi connectivity index (χ1v) is 11.5. The topological polar surface area (TPSA) is 86.8 Å². The molecule has 0 bridgehead atoms. The summed E-state index contributed by atoms with van der Waals surface area (Å²) in [7, 11) is 4.60. The SMILES string of the molecule is CCN1CCN(C(=O)COc2ccc3c(c2)OC(=Cc2cc(OC)c(OC)cc2OC)C3=O)CC1. The van der Waals surface area contributed by atoms with Gasteiger partial charge in [-0.25, -0.2) is 0 Å². The van der Waals surface area contributed by atoms with Crippen LogP contribution in [0.3, 0.4) is 0 Å². The first kappa shape index (κ1) is 24.4. The van der Waals surface area contributed by atoms with Crippen molar-refractivity contribution in [3.05, 3.63) is 47.2 Å². The summed E-state index contributed by atoms with van der Waals surface area (Å²) in [6.07, 6.45) is 1.60. The number of carbonyl (C=O) groups is 2.